The van der Waals surface area contributed by atoms with E-state index in [2.05, 4.69) is 37.9 Å². The van der Waals surface area contributed by atoms with E-state index in [0.717, 1.165) is 5.70 Å². The normalized spacial score (nSPS) is 12.7. The fourth-order valence-corrected chi connectivity index (χ4v) is 1.01. The third kappa shape index (κ3) is 4.02. The van der Waals surface area contributed by atoms with Crippen LogP contribution in [-0.4, -0.2) is 7.05 Å². The number of nitrogens with one attached hydrogen (secondary N) is 1. The number of hydrogen-bond acceptors (Lipinski definition) is 1. The van der Waals surface area contributed by atoms with Gasteiger partial charge in [-0.1, -0.05) is 30.4 Å². The maximum absolute atomic E-state index is 3.94. The fraction of sp³-hybridized carbons (Fsp3) is 0.455. The summed E-state index contributed by atoms with van der Waals surface area (Å²) >= 11 is 0. The molecule has 0 fully saturated rings. The molecule has 0 radical (unpaired) electrons. The molecule has 1 nitrogen and oxygen atoms in total. The van der Waals surface area contributed by atoms with Crippen molar-refractivity contribution < 1.29 is 0 Å². The van der Waals surface area contributed by atoms with Gasteiger partial charge in [0.15, 0.2) is 0 Å². The van der Waals surface area contributed by atoms with Gasteiger partial charge >= 0.3 is 0 Å². The van der Waals surface area contributed by atoms with E-state index in [0.29, 0.717) is 5.92 Å². The number of hydrogen-bond donors (Lipinski definition) is 1. The Bertz CT molecular complexity index is 195. The van der Waals surface area contributed by atoms with Gasteiger partial charge in [0.1, 0.15) is 0 Å². The molecule has 1 atom stereocenters. The SMILES string of the molecule is C=C(NC)C(C=C(C)C)/C=C/C. The van der Waals surface area contributed by atoms with Crippen LogP contribution in [0, 0.1) is 5.92 Å². The predicted octanol–water partition coefficient (Wildman–Crippen LogP) is 2.88. The number of allylic oxidation sites excluding steroid dienone is 3. The Hall–Kier alpha value is -0.980. The van der Waals surface area contributed by atoms with Crippen LogP contribution in [0.15, 0.2) is 36.1 Å². The molecule has 1 N–H and O–H groups in total. The highest BCUT2D eigenvalue weighted by molar-refractivity contribution is 5.17. The van der Waals surface area contributed by atoms with Crippen LogP contribution < -0.4 is 5.32 Å². The summed E-state index contributed by atoms with van der Waals surface area (Å²) in [5, 5.41) is 3.06. The van der Waals surface area contributed by atoms with E-state index in [1.54, 1.807) is 0 Å². The summed E-state index contributed by atoms with van der Waals surface area (Å²) in [7, 11) is 1.90. The van der Waals surface area contributed by atoms with Crippen LogP contribution in [0.1, 0.15) is 20.8 Å². The molecule has 0 heterocycles. The summed E-state index contributed by atoms with van der Waals surface area (Å²) in [6.07, 6.45) is 6.37. The van der Waals surface area contributed by atoms with Crippen LogP contribution in [0.5, 0.6) is 0 Å². The highest BCUT2D eigenvalue weighted by atomic mass is 14.8. The average molecular weight is 165 g/mol. The highest BCUT2D eigenvalue weighted by Crippen LogP contribution is 2.11. The van der Waals surface area contributed by atoms with E-state index in [9.17, 15) is 0 Å². The molecule has 68 valence electrons. The Morgan fingerprint density at radius 1 is 1.42 bits per heavy atom. The largest absolute Gasteiger partial charge is 0.391 e. The smallest absolute Gasteiger partial charge is 0.0343 e. The minimum Gasteiger partial charge on any atom is -0.391 e. The number of rotatable bonds is 4. The molecule has 0 aliphatic carbocycles. The van der Waals surface area contributed by atoms with Crippen LogP contribution in [0.25, 0.3) is 0 Å². The quantitative estimate of drug-likeness (QED) is 0.632. The molecular weight excluding hydrogens is 146 g/mol. The molecule has 1 heteroatoms. The molecule has 0 bridgehead atoms. The van der Waals surface area contributed by atoms with Crippen molar-refractivity contribution in [3.63, 3.8) is 0 Å². The lowest BCUT2D eigenvalue weighted by molar-refractivity contribution is 0.827. The molecule has 0 aliphatic heterocycles. The van der Waals surface area contributed by atoms with Gasteiger partial charge in [0.2, 0.25) is 0 Å². The van der Waals surface area contributed by atoms with E-state index in [-0.39, 0.29) is 0 Å². The van der Waals surface area contributed by atoms with Crippen molar-refractivity contribution in [3.05, 3.63) is 36.1 Å². The van der Waals surface area contributed by atoms with Gasteiger partial charge in [-0.2, -0.15) is 0 Å². The van der Waals surface area contributed by atoms with Gasteiger partial charge in [-0.3, -0.25) is 0 Å². The molecular formula is C11H19N. The molecule has 0 rings (SSSR count). The summed E-state index contributed by atoms with van der Waals surface area (Å²) in [5.74, 6) is 0.324. The monoisotopic (exact) mass is 165 g/mol. The summed E-state index contributed by atoms with van der Waals surface area (Å²) in [4.78, 5) is 0. The van der Waals surface area contributed by atoms with Gasteiger partial charge in [0, 0.05) is 18.7 Å². The molecule has 0 aliphatic rings. The first-order valence-corrected chi connectivity index (χ1v) is 4.26. The predicted molar refractivity (Wildman–Crippen MR) is 55.9 cm³/mol. The van der Waals surface area contributed by atoms with Crippen molar-refractivity contribution in [1.29, 1.82) is 0 Å². The van der Waals surface area contributed by atoms with Crippen LogP contribution in [-0.2, 0) is 0 Å². The molecule has 0 aromatic rings. The van der Waals surface area contributed by atoms with E-state index in [4.69, 9.17) is 0 Å². The second kappa shape index (κ2) is 5.64. The first-order valence-electron chi connectivity index (χ1n) is 4.26. The van der Waals surface area contributed by atoms with Gasteiger partial charge in [-0.25, -0.2) is 0 Å². The first kappa shape index (κ1) is 11.0. The summed E-state index contributed by atoms with van der Waals surface area (Å²) < 4.78 is 0. The maximum Gasteiger partial charge on any atom is 0.0343 e. The molecule has 0 saturated heterocycles. The van der Waals surface area contributed by atoms with Gasteiger partial charge < -0.3 is 5.32 Å². The minimum atomic E-state index is 0.324. The highest BCUT2D eigenvalue weighted by Gasteiger charge is 2.02. The van der Waals surface area contributed by atoms with Crippen LogP contribution in [0.3, 0.4) is 0 Å². The van der Waals surface area contributed by atoms with Crippen molar-refractivity contribution in [2.45, 2.75) is 20.8 Å². The van der Waals surface area contributed by atoms with Gasteiger partial charge in [-0.15, -0.1) is 0 Å². The lowest BCUT2D eigenvalue weighted by atomic mass is 10.0. The van der Waals surface area contributed by atoms with E-state index < -0.39 is 0 Å². The van der Waals surface area contributed by atoms with Crippen LogP contribution in [0.4, 0.5) is 0 Å². The second-order valence-electron chi connectivity index (χ2n) is 3.07. The van der Waals surface area contributed by atoms with Gasteiger partial charge in [-0.05, 0) is 20.8 Å². The zero-order valence-electron chi connectivity index (χ0n) is 8.52. The molecule has 0 spiro atoms. The topological polar surface area (TPSA) is 12.0 Å². The summed E-state index contributed by atoms with van der Waals surface area (Å²) in [6.45, 7) is 10.2. The lowest BCUT2D eigenvalue weighted by Gasteiger charge is -2.11. The molecule has 0 aromatic carbocycles. The summed E-state index contributed by atoms with van der Waals surface area (Å²) in [6, 6.07) is 0. The summed E-state index contributed by atoms with van der Waals surface area (Å²) in [5.41, 5.74) is 2.35. The average Bonchev–Trinajstić information content (AvgIpc) is 2.01. The molecule has 0 saturated carbocycles. The first-order chi connectivity index (χ1) is 5.61. The molecule has 0 amide bonds. The van der Waals surface area contributed by atoms with E-state index in [1.807, 2.05) is 20.0 Å². The zero-order chi connectivity index (χ0) is 9.56. The van der Waals surface area contributed by atoms with Crippen molar-refractivity contribution in [3.8, 4) is 0 Å². The minimum absolute atomic E-state index is 0.324. The van der Waals surface area contributed by atoms with Gasteiger partial charge in [0.25, 0.3) is 0 Å². The van der Waals surface area contributed by atoms with Gasteiger partial charge in [0.05, 0.1) is 0 Å². The lowest BCUT2D eigenvalue weighted by Crippen LogP contribution is -2.11. The molecule has 1 unspecified atom stereocenters. The standard InChI is InChI=1S/C11H19N/c1-6-7-11(8-9(2)3)10(4)12-5/h6-8,11-12H,4H2,1-3,5H3/b7-6+. The fourth-order valence-electron chi connectivity index (χ4n) is 1.01. The zero-order valence-corrected chi connectivity index (χ0v) is 8.52. The Morgan fingerprint density at radius 3 is 2.33 bits per heavy atom. The van der Waals surface area contributed by atoms with Crippen molar-refractivity contribution in [2.75, 3.05) is 7.05 Å². The Kier molecular flexibility index (Phi) is 5.18. The van der Waals surface area contributed by atoms with Crippen molar-refractivity contribution in [1.82, 2.24) is 5.32 Å². The maximum atomic E-state index is 3.94. The third-order valence-corrected chi connectivity index (χ3v) is 1.64. The molecule has 0 aromatic heterocycles. The van der Waals surface area contributed by atoms with Crippen LogP contribution >= 0.6 is 0 Å². The van der Waals surface area contributed by atoms with Crippen molar-refractivity contribution >= 4 is 0 Å². The Balaban J connectivity index is 4.44. The Labute approximate surface area is 75.9 Å². The van der Waals surface area contributed by atoms with E-state index >= 15 is 0 Å². The second-order valence-corrected chi connectivity index (χ2v) is 3.07. The van der Waals surface area contributed by atoms with E-state index in [1.165, 1.54) is 5.57 Å². The van der Waals surface area contributed by atoms with Crippen LogP contribution in [0.2, 0.25) is 0 Å². The molecule has 12 heavy (non-hydrogen) atoms. The van der Waals surface area contributed by atoms with Crippen molar-refractivity contribution in [2.24, 2.45) is 5.92 Å². The Morgan fingerprint density at radius 2 is 2.00 bits per heavy atom. The third-order valence-electron chi connectivity index (χ3n) is 1.64.